The van der Waals surface area contributed by atoms with Crippen LogP contribution in [-0.4, -0.2) is 21.7 Å². The smallest absolute Gasteiger partial charge is 0.255 e. The molecule has 0 aliphatic rings. The van der Waals surface area contributed by atoms with Gasteiger partial charge in [-0.1, -0.05) is 11.6 Å². The number of aromatic nitrogens is 2. The van der Waals surface area contributed by atoms with E-state index >= 15 is 0 Å². The summed E-state index contributed by atoms with van der Waals surface area (Å²) in [5.74, 6) is -2.72. The Kier molecular flexibility index (Phi) is 5.20. The van der Waals surface area contributed by atoms with Crippen molar-refractivity contribution in [3.8, 4) is 0 Å². The number of halogens is 3. The maximum absolute atomic E-state index is 14.6. The molecule has 0 fully saturated rings. The minimum Gasteiger partial charge on any atom is -0.322 e. The second kappa shape index (κ2) is 7.96. The molecule has 0 atom stereocenters. The number of ketones is 1. The van der Waals surface area contributed by atoms with E-state index in [-0.39, 0.29) is 27.4 Å². The average molecular weight is 424 g/mol. The number of carbonyl (C=O) groups excluding carboxylic acids is 2. The molecule has 148 valence electrons. The van der Waals surface area contributed by atoms with Gasteiger partial charge in [0.15, 0.2) is 5.78 Å². The number of amides is 1. The lowest BCUT2D eigenvalue weighted by Gasteiger charge is -2.09. The van der Waals surface area contributed by atoms with Gasteiger partial charge in [0.25, 0.3) is 5.91 Å². The van der Waals surface area contributed by atoms with Crippen LogP contribution in [-0.2, 0) is 0 Å². The summed E-state index contributed by atoms with van der Waals surface area (Å²) in [5, 5.41) is 2.35. The maximum Gasteiger partial charge on any atom is 0.255 e. The van der Waals surface area contributed by atoms with E-state index < -0.39 is 23.3 Å². The molecule has 0 aliphatic carbocycles. The molecule has 5 nitrogen and oxygen atoms in total. The van der Waals surface area contributed by atoms with Crippen molar-refractivity contribution in [3.63, 3.8) is 0 Å². The van der Waals surface area contributed by atoms with Crippen molar-refractivity contribution < 1.29 is 18.4 Å². The van der Waals surface area contributed by atoms with Gasteiger partial charge < -0.3 is 5.32 Å². The van der Waals surface area contributed by atoms with Gasteiger partial charge in [-0.2, -0.15) is 0 Å². The van der Waals surface area contributed by atoms with E-state index in [4.69, 9.17) is 11.6 Å². The van der Waals surface area contributed by atoms with Crippen LogP contribution in [0.15, 0.2) is 67.0 Å². The summed E-state index contributed by atoms with van der Waals surface area (Å²) in [7, 11) is 0. The number of fused-ring (bicyclic) bond motifs is 1. The Hall–Kier alpha value is -3.71. The number of nitrogens with one attached hydrogen (secondary N) is 1. The highest BCUT2D eigenvalue weighted by molar-refractivity contribution is 6.30. The molecule has 1 aromatic heterocycles. The lowest BCUT2D eigenvalue weighted by Crippen LogP contribution is -2.13. The third-order valence-electron chi connectivity index (χ3n) is 4.38. The minimum atomic E-state index is -0.806. The summed E-state index contributed by atoms with van der Waals surface area (Å²) < 4.78 is 28.1. The molecular weight excluding hydrogens is 412 g/mol. The lowest BCUT2D eigenvalue weighted by atomic mass is 10.0. The molecule has 8 heteroatoms. The molecule has 30 heavy (non-hydrogen) atoms. The molecule has 0 unspecified atom stereocenters. The second-order valence-electron chi connectivity index (χ2n) is 6.37. The van der Waals surface area contributed by atoms with Crippen molar-refractivity contribution >= 4 is 40.0 Å². The molecule has 3 aromatic carbocycles. The summed E-state index contributed by atoms with van der Waals surface area (Å²) in [6.07, 6.45) is 3.04. The van der Waals surface area contributed by atoms with E-state index in [2.05, 4.69) is 15.3 Å². The normalized spacial score (nSPS) is 10.8. The fraction of sp³-hybridized carbons (Fsp3) is 0. The lowest BCUT2D eigenvalue weighted by molar-refractivity contribution is 0.102. The van der Waals surface area contributed by atoms with Crippen LogP contribution in [0.5, 0.6) is 0 Å². The molecule has 0 bridgehead atoms. The van der Waals surface area contributed by atoms with Crippen molar-refractivity contribution in [2.75, 3.05) is 5.32 Å². The zero-order valence-electron chi connectivity index (χ0n) is 15.2. The first-order chi connectivity index (χ1) is 14.4. The molecule has 4 rings (SSSR count). The number of carbonyl (C=O) groups is 2. The predicted molar refractivity (Wildman–Crippen MR) is 109 cm³/mol. The van der Waals surface area contributed by atoms with Crippen LogP contribution >= 0.6 is 11.6 Å². The third-order valence-corrected chi connectivity index (χ3v) is 4.69. The number of hydrogen-bond acceptors (Lipinski definition) is 4. The number of hydrogen-bond donors (Lipinski definition) is 1. The Morgan fingerprint density at radius 2 is 1.53 bits per heavy atom. The second-order valence-corrected chi connectivity index (χ2v) is 6.77. The monoisotopic (exact) mass is 423 g/mol. The molecular formula is C22H12ClF2N3O2. The first kappa shape index (κ1) is 19.6. The van der Waals surface area contributed by atoms with Gasteiger partial charge in [-0.15, -0.1) is 0 Å². The standard InChI is InChI=1S/C22H12ClF2N3O2/c23-16-5-1-13(9-18(16)25)22(30)28-14-3-4-15(17(24)11-14)21(29)12-2-6-19-20(10-12)27-8-7-26-19/h1-11H,(H,28,30). The molecule has 0 radical (unpaired) electrons. The number of anilines is 1. The fourth-order valence-corrected chi connectivity index (χ4v) is 3.00. The number of benzene rings is 3. The van der Waals surface area contributed by atoms with Crippen LogP contribution in [0.25, 0.3) is 11.0 Å². The van der Waals surface area contributed by atoms with E-state index in [9.17, 15) is 18.4 Å². The molecule has 0 spiro atoms. The SMILES string of the molecule is O=C(Nc1ccc(C(=O)c2ccc3nccnc3c2)c(F)c1)c1ccc(Cl)c(F)c1. The largest absolute Gasteiger partial charge is 0.322 e. The first-order valence-electron chi connectivity index (χ1n) is 8.74. The summed E-state index contributed by atoms with van der Waals surface area (Å²) in [6.45, 7) is 0. The van der Waals surface area contributed by atoms with E-state index in [1.807, 2.05) is 0 Å². The van der Waals surface area contributed by atoms with E-state index in [0.29, 0.717) is 11.0 Å². The van der Waals surface area contributed by atoms with E-state index in [0.717, 1.165) is 12.1 Å². The van der Waals surface area contributed by atoms with E-state index in [1.165, 1.54) is 42.7 Å². The van der Waals surface area contributed by atoms with Gasteiger partial charge >= 0.3 is 0 Å². The maximum atomic E-state index is 14.6. The Balaban J connectivity index is 1.56. The van der Waals surface area contributed by atoms with Crippen molar-refractivity contribution in [2.24, 2.45) is 0 Å². The summed E-state index contributed by atoms with van der Waals surface area (Å²) in [5.41, 5.74) is 1.38. The van der Waals surface area contributed by atoms with E-state index in [1.54, 1.807) is 12.1 Å². The highest BCUT2D eigenvalue weighted by atomic mass is 35.5. The molecule has 1 heterocycles. The van der Waals surface area contributed by atoms with Gasteiger partial charge in [0.2, 0.25) is 0 Å². The van der Waals surface area contributed by atoms with Crippen LogP contribution < -0.4 is 5.32 Å². The Morgan fingerprint density at radius 1 is 0.800 bits per heavy atom. The van der Waals surface area contributed by atoms with Gasteiger partial charge in [-0.25, -0.2) is 8.78 Å². The van der Waals surface area contributed by atoms with Crippen LogP contribution in [0, 0.1) is 11.6 Å². The average Bonchev–Trinajstić information content (AvgIpc) is 2.75. The number of nitrogens with zero attached hydrogens (tertiary/aromatic N) is 2. The van der Waals surface area contributed by atoms with Gasteiger partial charge in [0.1, 0.15) is 11.6 Å². The van der Waals surface area contributed by atoms with Crippen molar-refractivity contribution in [1.82, 2.24) is 9.97 Å². The van der Waals surface area contributed by atoms with Crippen molar-refractivity contribution in [3.05, 3.63) is 100 Å². The Labute approximate surface area is 174 Å². The van der Waals surface area contributed by atoms with Gasteiger partial charge in [-0.05, 0) is 54.6 Å². The summed E-state index contributed by atoms with van der Waals surface area (Å²) >= 11 is 5.60. The molecule has 0 saturated carbocycles. The van der Waals surface area contributed by atoms with Crippen molar-refractivity contribution in [1.29, 1.82) is 0 Å². The van der Waals surface area contributed by atoms with Gasteiger partial charge in [-0.3, -0.25) is 19.6 Å². The van der Waals surface area contributed by atoms with Gasteiger partial charge in [0.05, 0.1) is 21.6 Å². The van der Waals surface area contributed by atoms with Crippen molar-refractivity contribution in [2.45, 2.75) is 0 Å². The zero-order valence-corrected chi connectivity index (χ0v) is 16.0. The summed E-state index contributed by atoms with van der Waals surface area (Å²) in [6, 6.07) is 12.0. The molecule has 1 N–H and O–H groups in total. The first-order valence-corrected chi connectivity index (χ1v) is 9.11. The zero-order chi connectivity index (χ0) is 21.3. The number of rotatable bonds is 4. The van der Waals surface area contributed by atoms with Crippen LogP contribution in [0.1, 0.15) is 26.3 Å². The highest BCUT2D eigenvalue weighted by Crippen LogP contribution is 2.21. The topological polar surface area (TPSA) is 72.0 Å². The summed E-state index contributed by atoms with van der Waals surface area (Å²) in [4.78, 5) is 33.2. The highest BCUT2D eigenvalue weighted by Gasteiger charge is 2.16. The molecule has 1 amide bonds. The molecule has 0 saturated heterocycles. The van der Waals surface area contributed by atoms with Crippen LogP contribution in [0.4, 0.5) is 14.5 Å². The fourth-order valence-electron chi connectivity index (χ4n) is 2.88. The minimum absolute atomic E-state index is 0.0229. The van der Waals surface area contributed by atoms with Gasteiger partial charge in [0, 0.05) is 29.2 Å². The Bertz CT molecular complexity index is 1310. The third kappa shape index (κ3) is 3.88. The van der Waals surface area contributed by atoms with Crippen LogP contribution in [0.2, 0.25) is 5.02 Å². The van der Waals surface area contributed by atoms with Crippen LogP contribution in [0.3, 0.4) is 0 Å². The quantitative estimate of drug-likeness (QED) is 0.466. The predicted octanol–water partition coefficient (Wildman–Crippen LogP) is 5.04. The molecule has 0 aliphatic heterocycles. The Morgan fingerprint density at radius 3 is 2.27 bits per heavy atom. The molecule has 4 aromatic rings.